The lowest BCUT2D eigenvalue weighted by Crippen LogP contribution is -2.18. The summed E-state index contributed by atoms with van der Waals surface area (Å²) in [7, 11) is 4.02. The second-order valence-electron chi connectivity index (χ2n) is 5.18. The molecule has 0 bridgehead atoms. The highest BCUT2D eigenvalue weighted by atomic mass is 16.5. The maximum absolute atomic E-state index is 12.3. The number of nitrogens with one attached hydrogen (secondary N) is 1. The smallest absolute Gasteiger partial charge is 0.259 e. The molecule has 1 aromatic heterocycles. The van der Waals surface area contributed by atoms with Gasteiger partial charge in [-0.1, -0.05) is 12.1 Å². The average molecular weight is 302 g/mol. The van der Waals surface area contributed by atoms with Crippen molar-refractivity contribution in [3.05, 3.63) is 42.2 Å². The molecule has 1 heterocycles. The Bertz CT molecular complexity index is 622. The first-order chi connectivity index (χ1) is 10.6. The van der Waals surface area contributed by atoms with Crippen LogP contribution >= 0.6 is 0 Å². The number of benzene rings is 1. The summed E-state index contributed by atoms with van der Waals surface area (Å²) in [4.78, 5) is 14.4. The lowest BCUT2D eigenvalue weighted by molar-refractivity contribution is 0.102. The molecule has 0 spiro atoms. The Hall–Kier alpha value is -2.34. The Labute approximate surface area is 130 Å². The molecule has 0 unspecified atom stereocenters. The topological polar surface area (TPSA) is 59.4 Å². The normalized spacial score (nSPS) is 10.7. The Morgan fingerprint density at radius 2 is 2.14 bits per heavy atom. The molecule has 0 radical (unpaired) electrons. The number of aromatic nitrogens is 2. The van der Waals surface area contributed by atoms with Crippen molar-refractivity contribution in [2.75, 3.05) is 32.6 Å². The first-order valence-electron chi connectivity index (χ1n) is 7.30. The molecule has 0 atom stereocenters. The van der Waals surface area contributed by atoms with Gasteiger partial charge in [-0.2, -0.15) is 5.10 Å². The van der Waals surface area contributed by atoms with Gasteiger partial charge in [0.05, 0.1) is 30.6 Å². The van der Waals surface area contributed by atoms with Crippen molar-refractivity contribution in [2.24, 2.45) is 0 Å². The molecule has 0 saturated heterocycles. The number of amides is 1. The van der Waals surface area contributed by atoms with Gasteiger partial charge in [0.1, 0.15) is 5.75 Å². The number of likely N-dealkylation sites (N-methyl/N-ethyl adjacent to an activating group) is 1. The van der Waals surface area contributed by atoms with Crippen molar-refractivity contribution in [3.8, 4) is 5.75 Å². The number of nitrogens with zero attached hydrogens (tertiary/aromatic N) is 3. The van der Waals surface area contributed by atoms with E-state index in [1.165, 1.54) is 0 Å². The highest BCUT2D eigenvalue weighted by Crippen LogP contribution is 2.19. The summed E-state index contributed by atoms with van der Waals surface area (Å²) in [5.74, 6) is 0.388. The molecule has 1 N–H and O–H groups in total. The second kappa shape index (κ2) is 7.61. The van der Waals surface area contributed by atoms with Crippen LogP contribution in [-0.4, -0.2) is 47.8 Å². The molecule has 1 amide bonds. The summed E-state index contributed by atoms with van der Waals surface area (Å²) in [6.07, 6.45) is 3.47. The summed E-state index contributed by atoms with van der Waals surface area (Å²) in [6, 6.07) is 7.20. The highest BCUT2D eigenvalue weighted by Gasteiger charge is 2.12. The standard InChI is InChI=1S/C16H22N4O2/c1-4-22-15-8-6-5-7-14(15)16(21)18-13-11-17-20(12-13)10-9-19(2)3/h5-8,11-12H,4,9-10H2,1-3H3,(H,18,21). The van der Waals surface area contributed by atoms with Crippen LogP contribution in [0.5, 0.6) is 5.75 Å². The summed E-state index contributed by atoms with van der Waals surface area (Å²) >= 11 is 0. The summed E-state index contributed by atoms with van der Waals surface area (Å²) in [6.45, 7) is 4.08. The van der Waals surface area contributed by atoms with Crippen LogP contribution in [0.1, 0.15) is 17.3 Å². The summed E-state index contributed by atoms with van der Waals surface area (Å²) in [5.41, 5.74) is 1.19. The Morgan fingerprint density at radius 3 is 2.86 bits per heavy atom. The fourth-order valence-corrected chi connectivity index (χ4v) is 1.99. The van der Waals surface area contributed by atoms with Crippen molar-refractivity contribution < 1.29 is 9.53 Å². The third-order valence-electron chi connectivity index (χ3n) is 3.10. The van der Waals surface area contributed by atoms with Gasteiger partial charge in [-0.3, -0.25) is 9.48 Å². The molecule has 0 fully saturated rings. The van der Waals surface area contributed by atoms with Crippen molar-refractivity contribution in [1.29, 1.82) is 0 Å². The summed E-state index contributed by atoms with van der Waals surface area (Å²) in [5, 5.41) is 7.09. The van der Waals surface area contributed by atoms with Crippen molar-refractivity contribution in [1.82, 2.24) is 14.7 Å². The molecule has 118 valence electrons. The van der Waals surface area contributed by atoms with Gasteiger partial charge in [0.2, 0.25) is 0 Å². The number of hydrogen-bond acceptors (Lipinski definition) is 4. The summed E-state index contributed by atoms with van der Waals surface area (Å²) < 4.78 is 7.29. The SMILES string of the molecule is CCOc1ccccc1C(=O)Nc1cnn(CCN(C)C)c1. The molecule has 0 aliphatic rings. The fraction of sp³-hybridized carbons (Fsp3) is 0.375. The van der Waals surface area contributed by atoms with E-state index < -0.39 is 0 Å². The molecule has 6 heteroatoms. The molecular formula is C16H22N4O2. The van der Waals surface area contributed by atoms with E-state index >= 15 is 0 Å². The van der Waals surface area contributed by atoms with Crippen LogP contribution in [0.3, 0.4) is 0 Å². The van der Waals surface area contributed by atoms with Gasteiger partial charge in [0, 0.05) is 12.7 Å². The first kappa shape index (κ1) is 16.0. The van der Waals surface area contributed by atoms with E-state index in [9.17, 15) is 4.79 Å². The third kappa shape index (κ3) is 4.33. The molecule has 2 aromatic rings. The number of carbonyl (C=O) groups is 1. The predicted octanol–water partition coefficient (Wildman–Crippen LogP) is 2.10. The molecule has 2 rings (SSSR count). The quantitative estimate of drug-likeness (QED) is 0.851. The highest BCUT2D eigenvalue weighted by molar-refractivity contribution is 6.06. The Balaban J connectivity index is 2.03. The third-order valence-corrected chi connectivity index (χ3v) is 3.10. The largest absolute Gasteiger partial charge is 0.493 e. The van der Waals surface area contributed by atoms with Gasteiger partial charge >= 0.3 is 0 Å². The van der Waals surface area contributed by atoms with Crippen LogP contribution in [0.4, 0.5) is 5.69 Å². The van der Waals surface area contributed by atoms with Crippen LogP contribution < -0.4 is 10.1 Å². The minimum absolute atomic E-state index is 0.198. The molecule has 0 saturated carbocycles. The number of rotatable bonds is 7. The fourth-order valence-electron chi connectivity index (χ4n) is 1.99. The average Bonchev–Trinajstić information content (AvgIpc) is 2.93. The van der Waals surface area contributed by atoms with E-state index in [1.54, 1.807) is 18.3 Å². The second-order valence-corrected chi connectivity index (χ2v) is 5.18. The van der Waals surface area contributed by atoms with E-state index in [4.69, 9.17) is 4.74 Å². The van der Waals surface area contributed by atoms with Crippen LogP contribution in [0.2, 0.25) is 0 Å². The van der Waals surface area contributed by atoms with E-state index in [1.807, 2.05) is 44.0 Å². The van der Waals surface area contributed by atoms with Crippen molar-refractivity contribution in [3.63, 3.8) is 0 Å². The van der Waals surface area contributed by atoms with Gasteiger partial charge in [0.15, 0.2) is 0 Å². The monoisotopic (exact) mass is 302 g/mol. The Morgan fingerprint density at radius 1 is 1.36 bits per heavy atom. The number of carbonyl (C=O) groups excluding carboxylic acids is 1. The van der Waals surface area contributed by atoms with E-state index in [2.05, 4.69) is 15.3 Å². The zero-order chi connectivity index (χ0) is 15.9. The minimum Gasteiger partial charge on any atom is -0.493 e. The van der Waals surface area contributed by atoms with Gasteiger partial charge in [-0.25, -0.2) is 0 Å². The van der Waals surface area contributed by atoms with Gasteiger partial charge in [0.25, 0.3) is 5.91 Å². The molecule has 0 aliphatic carbocycles. The van der Waals surface area contributed by atoms with E-state index in [0.29, 0.717) is 23.6 Å². The van der Waals surface area contributed by atoms with Gasteiger partial charge < -0.3 is 15.0 Å². The molecule has 0 aliphatic heterocycles. The predicted molar refractivity (Wildman–Crippen MR) is 86.3 cm³/mol. The van der Waals surface area contributed by atoms with Crippen LogP contribution in [0.15, 0.2) is 36.7 Å². The van der Waals surface area contributed by atoms with Gasteiger partial charge in [-0.15, -0.1) is 0 Å². The number of hydrogen-bond donors (Lipinski definition) is 1. The maximum atomic E-state index is 12.3. The molecule has 1 aromatic carbocycles. The molecule has 6 nitrogen and oxygen atoms in total. The zero-order valence-electron chi connectivity index (χ0n) is 13.2. The maximum Gasteiger partial charge on any atom is 0.259 e. The molecular weight excluding hydrogens is 280 g/mol. The van der Waals surface area contributed by atoms with Crippen LogP contribution in [0, 0.1) is 0 Å². The van der Waals surface area contributed by atoms with E-state index in [-0.39, 0.29) is 5.91 Å². The van der Waals surface area contributed by atoms with Crippen molar-refractivity contribution >= 4 is 11.6 Å². The lowest BCUT2D eigenvalue weighted by Gasteiger charge is -2.09. The lowest BCUT2D eigenvalue weighted by atomic mass is 10.2. The first-order valence-corrected chi connectivity index (χ1v) is 7.30. The Kier molecular flexibility index (Phi) is 5.55. The van der Waals surface area contributed by atoms with Gasteiger partial charge in [-0.05, 0) is 33.2 Å². The number of ether oxygens (including phenoxy) is 1. The van der Waals surface area contributed by atoms with E-state index in [0.717, 1.165) is 13.1 Å². The molecule has 22 heavy (non-hydrogen) atoms. The minimum atomic E-state index is -0.198. The number of para-hydroxylation sites is 1. The van der Waals surface area contributed by atoms with Crippen LogP contribution in [0.25, 0.3) is 0 Å². The number of anilines is 1. The van der Waals surface area contributed by atoms with Crippen LogP contribution in [-0.2, 0) is 6.54 Å². The zero-order valence-corrected chi connectivity index (χ0v) is 13.2. The van der Waals surface area contributed by atoms with Crippen molar-refractivity contribution in [2.45, 2.75) is 13.5 Å².